The van der Waals surface area contributed by atoms with E-state index in [9.17, 15) is 9.90 Å². The first-order valence-electron chi connectivity index (χ1n) is 6.41. The summed E-state index contributed by atoms with van der Waals surface area (Å²) in [5.41, 5.74) is 0.442. The Labute approximate surface area is 102 Å². The summed E-state index contributed by atoms with van der Waals surface area (Å²) in [6, 6.07) is 1.87. The molecule has 94 valence electrons. The van der Waals surface area contributed by atoms with Crippen molar-refractivity contribution in [1.82, 2.24) is 0 Å². The maximum Gasteiger partial charge on any atom is 0.309 e. The van der Waals surface area contributed by atoms with Crippen LogP contribution in [0.15, 0.2) is 23.0 Å². The lowest BCUT2D eigenvalue weighted by Crippen LogP contribution is -2.37. The Morgan fingerprint density at radius 2 is 2.24 bits per heavy atom. The van der Waals surface area contributed by atoms with E-state index in [4.69, 9.17) is 4.42 Å². The topological polar surface area (TPSA) is 50.4 Å². The van der Waals surface area contributed by atoms with Crippen LogP contribution in [-0.2, 0) is 11.2 Å². The van der Waals surface area contributed by atoms with E-state index in [1.165, 1.54) is 6.42 Å². The van der Waals surface area contributed by atoms with Crippen molar-refractivity contribution in [1.29, 1.82) is 0 Å². The monoisotopic (exact) mass is 236 g/mol. The van der Waals surface area contributed by atoms with Gasteiger partial charge in [-0.05, 0) is 49.7 Å². The van der Waals surface area contributed by atoms with Gasteiger partial charge in [0, 0.05) is 0 Å². The fourth-order valence-electron chi connectivity index (χ4n) is 2.89. The molecule has 1 aliphatic rings. The summed E-state index contributed by atoms with van der Waals surface area (Å²) in [7, 11) is 0. The third-order valence-corrected chi connectivity index (χ3v) is 4.22. The predicted molar refractivity (Wildman–Crippen MR) is 64.7 cm³/mol. The third-order valence-electron chi connectivity index (χ3n) is 4.22. The van der Waals surface area contributed by atoms with Crippen LogP contribution in [-0.4, -0.2) is 11.1 Å². The van der Waals surface area contributed by atoms with Crippen molar-refractivity contribution in [2.45, 2.75) is 45.4 Å². The first-order chi connectivity index (χ1) is 8.16. The molecule has 0 aromatic carbocycles. The fraction of sp³-hybridized carbons (Fsp3) is 0.643. The van der Waals surface area contributed by atoms with Crippen LogP contribution in [0.1, 0.15) is 44.6 Å². The molecular weight excluding hydrogens is 216 g/mol. The molecule has 0 atom stereocenters. The van der Waals surface area contributed by atoms with E-state index >= 15 is 0 Å². The minimum absolute atomic E-state index is 0.560. The average molecular weight is 236 g/mol. The molecule has 1 saturated carbocycles. The molecule has 0 radical (unpaired) electrons. The Bertz CT molecular complexity index is 359. The molecule has 0 unspecified atom stereocenters. The lowest BCUT2D eigenvalue weighted by Gasteiger charge is -2.36. The highest BCUT2D eigenvalue weighted by Crippen LogP contribution is 2.42. The fourth-order valence-corrected chi connectivity index (χ4v) is 2.89. The van der Waals surface area contributed by atoms with Crippen LogP contribution in [0, 0.1) is 11.3 Å². The van der Waals surface area contributed by atoms with Crippen molar-refractivity contribution in [3.8, 4) is 0 Å². The van der Waals surface area contributed by atoms with E-state index < -0.39 is 11.4 Å². The van der Waals surface area contributed by atoms with Gasteiger partial charge in [0.15, 0.2) is 0 Å². The van der Waals surface area contributed by atoms with E-state index in [2.05, 4.69) is 6.92 Å². The summed E-state index contributed by atoms with van der Waals surface area (Å²) < 4.78 is 5.03. The molecule has 0 bridgehead atoms. The van der Waals surface area contributed by atoms with Crippen molar-refractivity contribution in [2.24, 2.45) is 11.3 Å². The standard InChI is InChI=1S/C14H20O3/c1-2-11-3-6-14(7-4-11,13(15)16)9-12-5-8-17-10-12/h5,8,10-11H,2-4,6-7,9H2,1H3,(H,15,16). The van der Waals surface area contributed by atoms with Gasteiger partial charge in [0.1, 0.15) is 0 Å². The van der Waals surface area contributed by atoms with E-state index in [0.717, 1.165) is 31.2 Å². The van der Waals surface area contributed by atoms with Crippen LogP contribution >= 0.6 is 0 Å². The van der Waals surface area contributed by atoms with Crippen LogP contribution < -0.4 is 0 Å². The Morgan fingerprint density at radius 1 is 1.53 bits per heavy atom. The average Bonchev–Trinajstić information content (AvgIpc) is 2.82. The van der Waals surface area contributed by atoms with Gasteiger partial charge in [0.2, 0.25) is 0 Å². The van der Waals surface area contributed by atoms with Gasteiger partial charge in [-0.25, -0.2) is 0 Å². The van der Waals surface area contributed by atoms with E-state index in [1.807, 2.05) is 6.07 Å². The summed E-state index contributed by atoms with van der Waals surface area (Å²) in [4.78, 5) is 11.6. The van der Waals surface area contributed by atoms with Crippen LogP contribution in [0.3, 0.4) is 0 Å². The third kappa shape index (κ3) is 2.54. The number of aliphatic carboxylic acids is 1. The van der Waals surface area contributed by atoms with E-state index in [-0.39, 0.29) is 0 Å². The number of hydrogen-bond donors (Lipinski definition) is 1. The first kappa shape index (κ1) is 12.2. The van der Waals surface area contributed by atoms with Gasteiger partial charge in [0.05, 0.1) is 17.9 Å². The molecule has 0 amide bonds. The summed E-state index contributed by atoms with van der Waals surface area (Å²) in [6.07, 6.45) is 8.73. The Balaban J connectivity index is 2.09. The van der Waals surface area contributed by atoms with Crippen molar-refractivity contribution < 1.29 is 14.3 Å². The first-order valence-corrected chi connectivity index (χ1v) is 6.41. The normalized spacial score (nSPS) is 29.1. The molecule has 1 heterocycles. The SMILES string of the molecule is CCC1CCC(Cc2ccoc2)(C(=O)O)CC1. The predicted octanol–water partition coefficient (Wildman–Crippen LogP) is 3.49. The van der Waals surface area contributed by atoms with Gasteiger partial charge in [0.25, 0.3) is 0 Å². The van der Waals surface area contributed by atoms with Crippen molar-refractivity contribution >= 4 is 5.97 Å². The minimum Gasteiger partial charge on any atom is -0.481 e. The number of carbonyl (C=O) groups is 1. The van der Waals surface area contributed by atoms with Crippen molar-refractivity contribution in [2.75, 3.05) is 0 Å². The Hall–Kier alpha value is -1.25. The molecule has 17 heavy (non-hydrogen) atoms. The molecule has 3 nitrogen and oxygen atoms in total. The molecule has 0 saturated heterocycles. The highest BCUT2D eigenvalue weighted by molar-refractivity contribution is 5.75. The molecule has 1 aliphatic carbocycles. The lowest BCUT2D eigenvalue weighted by molar-refractivity contribution is -0.151. The second-order valence-electron chi connectivity index (χ2n) is 5.25. The van der Waals surface area contributed by atoms with Crippen LogP contribution in [0.5, 0.6) is 0 Å². The Kier molecular flexibility index (Phi) is 3.55. The molecule has 1 aromatic rings. The van der Waals surface area contributed by atoms with Gasteiger partial charge in [-0.1, -0.05) is 13.3 Å². The van der Waals surface area contributed by atoms with E-state index in [0.29, 0.717) is 12.3 Å². The smallest absolute Gasteiger partial charge is 0.309 e. The van der Waals surface area contributed by atoms with Crippen LogP contribution in [0.25, 0.3) is 0 Å². The maximum absolute atomic E-state index is 11.6. The van der Waals surface area contributed by atoms with Gasteiger partial charge >= 0.3 is 5.97 Å². The second-order valence-corrected chi connectivity index (χ2v) is 5.25. The molecule has 0 spiro atoms. The van der Waals surface area contributed by atoms with Crippen LogP contribution in [0.2, 0.25) is 0 Å². The molecule has 1 N–H and O–H groups in total. The molecule has 2 rings (SSSR count). The van der Waals surface area contributed by atoms with Crippen molar-refractivity contribution in [3.05, 3.63) is 24.2 Å². The molecule has 0 aliphatic heterocycles. The molecule has 1 fully saturated rings. The molecular formula is C14H20O3. The van der Waals surface area contributed by atoms with Gasteiger partial charge in [-0.3, -0.25) is 4.79 Å². The zero-order chi connectivity index (χ0) is 12.3. The largest absolute Gasteiger partial charge is 0.481 e. The molecule has 1 aromatic heterocycles. The lowest BCUT2D eigenvalue weighted by atomic mass is 9.67. The van der Waals surface area contributed by atoms with Gasteiger partial charge in [-0.2, -0.15) is 0 Å². The molecule has 3 heteroatoms. The summed E-state index contributed by atoms with van der Waals surface area (Å²) in [5, 5.41) is 9.52. The minimum atomic E-state index is -0.645. The quantitative estimate of drug-likeness (QED) is 0.870. The van der Waals surface area contributed by atoms with Gasteiger partial charge < -0.3 is 9.52 Å². The maximum atomic E-state index is 11.6. The second kappa shape index (κ2) is 4.94. The number of rotatable bonds is 4. The summed E-state index contributed by atoms with van der Waals surface area (Å²) in [6.45, 7) is 2.19. The Morgan fingerprint density at radius 3 is 2.71 bits per heavy atom. The van der Waals surface area contributed by atoms with Crippen LogP contribution in [0.4, 0.5) is 0 Å². The highest BCUT2D eigenvalue weighted by atomic mass is 16.4. The summed E-state index contributed by atoms with van der Waals surface area (Å²) >= 11 is 0. The summed E-state index contributed by atoms with van der Waals surface area (Å²) in [5.74, 6) is 0.0695. The number of carboxylic acids is 1. The zero-order valence-electron chi connectivity index (χ0n) is 10.3. The van der Waals surface area contributed by atoms with Crippen molar-refractivity contribution in [3.63, 3.8) is 0 Å². The number of furan rings is 1. The van der Waals surface area contributed by atoms with Gasteiger partial charge in [-0.15, -0.1) is 0 Å². The van der Waals surface area contributed by atoms with E-state index in [1.54, 1.807) is 12.5 Å². The zero-order valence-corrected chi connectivity index (χ0v) is 10.3. The number of hydrogen-bond acceptors (Lipinski definition) is 2. The number of carboxylic acid groups (broad SMARTS) is 1. The highest BCUT2D eigenvalue weighted by Gasteiger charge is 2.41.